The summed E-state index contributed by atoms with van der Waals surface area (Å²) < 4.78 is 5.51. The van der Waals surface area contributed by atoms with Gasteiger partial charge in [-0.1, -0.05) is 13.8 Å². The lowest BCUT2D eigenvalue weighted by Crippen LogP contribution is -2.46. The minimum absolute atomic E-state index is 0. The van der Waals surface area contributed by atoms with Gasteiger partial charge < -0.3 is 15.4 Å². The monoisotopic (exact) mass is 484 g/mol. The molecule has 25 heavy (non-hydrogen) atoms. The Labute approximate surface area is 175 Å². The van der Waals surface area contributed by atoms with Crippen molar-refractivity contribution < 1.29 is 4.74 Å². The van der Waals surface area contributed by atoms with Gasteiger partial charge in [0.1, 0.15) is 0 Å². The fourth-order valence-corrected chi connectivity index (χ4v) is 4.58. The van der Waals surface area contributed by atoms with E-state index in [4.69, 9.17) is 9.73 Å². The summed E-state index contributed by atoms with van der Waals surface area (Å²) in [7, 11) is 0. The summed E-state index contributed by atoms with van der Waals surface area (Å²) in [6.07, 6.45) is 3.89. The maximum atomic E-state index is 5.51. The number of guanidine groups is 1. The van der Waals surface area contributed by atoms with E-state index in [9.17, 15) is 0 Å². The Morgan fingerprint density at radius 3 is 2.64 bits per heavy atom. The van der Waals surface area contributed by atoms with Crippen molar-refractivity contribution in [1.82, 2.24) is 15.5 Å². The second kappa shape index (κ2) is 13.4. The number of morpholine rings is 1. The minimum atomic E-state index is 0. The third-order valence-corrected chi connectivity index (χ3v) is 6.03. The summed E-state index contributed by atoms with van der Waals surface area (Å²) in [4.78, 5) is 7.46. The van der Waals surface area contributed by atoms with Crippen molar-refractivity contribution in [3.8, 4) is 0 Å². The van der Waals surface area contributed by atoms with Crippen LogP contribution in [-0.4, -0.2) is 73.8 Å². The van der Waals surface area contributed by atoms with Crippen LogP contribution in [0, 0.1) is 5.92 Å². The Kier molecular flexibility index (Phi) is 12.5. The molecule has 0 aromatic carbocycles. The second-order valence-corrected chi connectivity index (χ2v) is 8.58. The summed E-state index contributed by atoms with van der Waals surface area (Å²) in [5, 5.41) is 7.70. The molecule has 7 heteroatoms. The van der Waals surface area contributed by atoms with Crippen LogP contribution in [0.15, 0.2) is 4.99 Å². The zero-order valence-electron chi connectivity index (χ0n) is 16.1. The van der Waals surface area contributed by atoms with Gasteiger partial charge in [-0.15, -0.1) is 24.0 Å². The zero-order valence-corrected chi connectivity index (χ0v) is 19.3. The van der Waals surface area contributed by atoms with E-state index >= 15 is 0 Å². The third kappa shape index (κ3) is 9.15. The normalized spacial score (nSPS) is 23.4. The van der Waals surface area contributed by atoms with E-state index in [-0.39, 0.29) is 24.0 Å². The van der Waals surface area contributed by atoms with Gasteiger partial charge in [-0.2, -0.15) is 11.8 Å². The highest BCUT2D eigenvalue weighted by atomic mass is 127. The van der Waals surface area contributed by atoms with Crippen molar-refractivity contribution in [3.63, 3.8) is 0 Å². The third-order valence-electron chi connectivity index (χ3n) is 4.63. The molecule has 2 unspecified atom stereocenters. The van der Waals surface area contributed by atoms with Crippen LogP contribution < -0.4 is 10.6 Å². The van der Waals surface area contributed by atoms with E-state index in [2.05, 4.69) is 48.1 Å². The van der Waals surface area contributed by atoms with Crippen LogP contribution in [0.1, 0.15) is 40.0 Å². The van der Waals surface area contributed by atoms with E-state index in [0.29, 0.717) is 12.0 Å². The summed E-state index contributed by atoms with van der Waals surface area (Å²) >= 11 is 2.09. The molecule has 0 aromatic heterocycles. The molecule has 0 spiro atoms. The van der Waals surface area contributed by atoms with Crippen LogP contribution >= 0.6 is 35.7 Å². The predicted octanol–water partition coefficient (Wildman–Crippen LogP) is 2.80. The number of hydrogen-bond donors (Lipinski definition) is 2. The Balaban J connectivity index is 0.00000312. The number of thioether (sulfide) groups is 1. The number of rotatable bonds is 8. The molecule has 0 aliphatic carbocycles. The summed E-state index contributed by atoms with van der Waals surface area (Å²) in [6, 6.07) is 0.519. The lowest BCUT2D eigenvalue weighted by atomic mass is 10.0. The van der Waals surface area contributed by atoms with Crippen molar-refractivity contribution >= 4 is 41.7 Å². The number of ether oxygens (including phenoxy) is 1. The van der Waals surface area contributed by atoms with Crippen molar-refractivity contribution in [1.29, 1.82) is 0 Å². The van der Waals surface area contributed by atoms with Gasteiger partial charge >= 0.3 is 0 Å². The number of aliphatic imine (C=N–C) groups is 1. The number of halogens is 1. The van der Waals surface area contributed by atoms with Crippen molar-refractivity contribution in [2.75, 3.05) is 51.7 Å². The highest BCUT2D eigenvalue weighted by Gasteiger charge is 2.22. The standard InChI is InChI=1S/C18H36N4OS.HI/c1-4-19-18(21-14-17-6-5-11-24-17)20-13-16(12-15(2)3)22-7-9-23-10-8-22;/h15-17H,4-14H2,1-3H3,(H2,19,20,21);1H. The topological polar surface area (TPSA) is 48.9 Å². The fraction of sp³-hybridized carbons (Fsp3) is 0.944. The summed E-state index contributed by atoms with van der Waals surface area (Å²) in [5.41, 5.74) is 0. The van der Waals surface area contributed by atoms with Gasteiger partial charge in [0, 0.05) is 37.5 Å². The molecule has 0 bridgehead atoms. The summed E-state index contributed by atoms with van der Waals surface area (Å²) in [6.45, 7) is 13.3. The molecular weight excluding hydrogens is 447 g/mol. The van der Waals surface area contributed by atoms with Crippen LogP contribution in [0.25, 0.3) is 0 Å². The second-order valence-electron chi connectivity index (χ2n) is 7.17. The molecule has 0 aromatic rings. The molecule has 0 amide bonds. The molecule has 0 saturated carbocycles. The highest BCUT2D eigenvalue weighted by molar-refractivity contribution is 14.0. The molecule has 2 fully saturated rings. The number of nitrogens with one attached hydrogen (secondary N) is 2. The molecular formula is C18H37IN4OS. The molecule has 5 nitrogen and oxygen atoms in total. The molecule has 2 saturated heterocycles. The van der Waals surface area contributed by atoms with Gasteiger partial charge in [0.2, 0.25) is 0 Å². The molecule has 2 rings (SSSR count). The molecule has 2 N–H and O–H groups in total. The number of hydrogen-bond acceptors (Lipinski definition) is 4. The maximum Gasteiger partial charge on any atom is 0.191 e. The highest BCUT2D eigenvalue weighted by Crippen LogP contribution is 2.25. The van der Waals surface area contributed by atoms with Crippen molar-refractivity contribution in [2.45, 2.75) is 51.3 Å². The van der Waals surface area contributed by atoms with E-state index < -0.39 is 0 Å². The van der Waals surface area contributed by atoms with Gasteiger partial charge in [0.15, 0.2) is 5.96 Å². The largest absolute Gasteiger partial charge is 0.379 e. The first kappa shape index (κ1) is 23.3. The van der Waals surface area contributed by atoms with E-state index in [1.165, 1.54) is 25.0 Å². The smallest absolute Gasteiger partial charge is 0.191 e. The maximum absolute atomic E-state index is 5.51. The molecule has 2 heterocycles. The van der Waals surface area contributed by atoms with Crippen LogP contribution in [0.2, 0.25) is 0 Å². The minimum Gasteiger partial charge on any atom is -0.379 e. The predicted molar refractivity (Wildman–Crippen MR) is 121 cm³/mol. The van der Waals surface area contributed by atoms with Gasteiger partial charge in [-0.05, 0) is 37.9 Å². The first-order valence-electron chi connectivity index (χ1n) is 9.64. The molecule has 2 aliphatic rings. The van der Waals surface area contributed by atoms with Crippen LogP contribution in [0.4, 0.5) is 0 Å². The lowest BCUT2D eigenvalue weighted by molar-refractivity contribution is 0.0143. The van der Waals surface area contributed by atoms with Gasteiger partial charge in [0.25, 0.3) is 0 Å². The first-order valence-corrected chi connectivity index (χ1v) is 10.7. The van der Waals surface area contributed by atoms with Crippen molar-refractivity contribution in [3.05, 3.63) is 0 Å². The Morgan fingerprint density at radius 2 is 2.04 bits per heavy atom. The van der Waals surface area contributed by atoms with E-state index in [0.717, 1.165) is 57.1 Å². The SMILES string of the molecule is CCNC(=NCC(CC(C)C)N1CCOCC1)NCC1CCCS1.I. The fourth-order valence-electron chi connectivity index (χ4n) is 3.38. The Bertz CT molecular complexity index is 372. The first-order chi connectivity index (χ1) is 11.7. The Morgan fingerprint density at radius 1 is 1.28 bits per heavy atom. The molecule has 0 radical (unpaired) electrons. The summed E-state index contributed by atoms with van der Waals surface area (Å²) in [5.74, 6) is 2.98. The molecule has 2 atom stereocenters. The zero-order chi connectivity index (χ0) is 17.2. The quantitative estimate of drug-likeness (QED) is 0.315. The Hall–Kier alpha value is 0.270. The number of nitrogens with zero attached hydrogens (tertiary/aromatic N) is 2. The lowest BCUT2D eigenvalue weighted by Gasteiger charge is -2.34. The van der Waals surface area contributed by atoms with Gasteiger partial charge in [-0.3, -0.25) is 9.89 Å². The molecule has 148 valence electrons. The van der Waals surface area contributed by atoms with Crippen LogP contribution in [-0.2, 0) is 4.74 Å². The van der Waals surface area contributed by atoms with Gasteiger partial charge in [0.05, 0.1) is 19.8 Å². The van der Waals surface area contributed by atoms with E-state index in [1.54, 1.807) is 0 Å². The van der Waals surface area contributed by atoms with Crippen LogP contribution in [0.5, 0.6) is 0 Å². The average Bonchev–Trinajstić information content (AvgIpc) is 3.10. The molecule has 2 aliphatic heterocycles. The van der Waals surface area contributed by atoms with Crippen molar-refractivity contribution in [2.24, 2.45) is 10.9 Å². The van der Waals surface area contributed by atoms with Crippen LogP contribution in [0.3, 0.4) is 0 Å². The van der Waals surface area contributed by atoms with Gasteiger partial charge in [-0.25, -0.2) is 0 Å². The van der Waals surface area contributed by atoms with E-state index in [1.807, 2.05) is 0 Å². The average molecular weight is 484 g/mol.